The molecule has 60 heavy (non-hydrogen) atoms. The van der Waals surface area contributed by atoms with Crippen LogP contribution in [0.2, 0.25) is 5.15 Å². The number of nitrogens with zero attached hydrogens (tertiary/aromatic N) is 7. The lowest BCUT2D eigenvalue weighted by Gasteiger charge is -2.27. The van der Waals surface area contributed by atoms with E-state index in [1.54, 1.807) is 60.7 Å². The van der Waals surface area contributed by atoms with Gasteiger partial charge in [-0.3, -0.25) is 34.7 Å². The van der Waals surface area contributed by atoms with Gasteiger partial charge in [0, 0.05) is 58.6 Å². The molecule has 20 heteroatoms. The molecule has 9 rings (SSSR count). The van der Waals surface area contributed by atoms with Gasteiger partial charge in [-0.15, -0.1) is 0 Å². The normalized spacial score (nSPS) is 17.9. The Kier molecular flexibility index (Phi) is 10.5. The minimum Gasteiger partial charge on any atom is -0.443 e. The first-order valence-corrected chi connectivity index (χ1v) is 19.5. The minimum absolute atomic E-state index is 0.000142. The number of aromatic nitrogens is 6. The average Bonchev–Trinajstić information content (AvgIpc) is 4.04. The quantitative estimate of drug-likeness (QED) is 0.0844. The molecule has 310 valence electrons. The predicted octanol–water partition coefficient (Wildman–Crippen LogP) is 5.34. The van der Waals surface area contributed by atoms with Crippen molar-refractivity contribution in [3.05, 3.63) is 87.3 Å². The molecular formula is C40H38ClF2N11O6. The molecule has 0 bridgehead atoms. The standard InChI is InChI=1S/C21H18F2N6O2.C19H20ClN5O4/c22-15-3-1-2-11(19(15)23)9-24-16-8-17(26-14-4-5-14)29-20(27-16)13(10-25-29)6-12-7-18(30)28-21(12)31;1-19(2,3)29-18(28)24(12-4-5-12)15-8-13(20)22-16-11(9-21-25(15)16)6-10-7-14(26)23-17(10)27/h1-3,6,8,10,14,26H,4-5,7,9H2,(H,24,27)(H,28,30,31);6,8-9,12H,4-5,7H2,1-3H3,(H,23,26,27)/b12-6+;10-6+. The number of hydrogen-bond donors (Lipinski definition) is 4. The molecule has 5 amide bonds. The van der Waals surface area contributed by atoms with E-state index in [4.69, 9.17) is 16.3 Å². The van der Waals surface area contributed by atoms with Crippen LogP contribution in [0.5, 0.6) is 0 Å². The summed E-state index contributed by atoms with van der Waals surface area (Å²) in [5.74, 6) is -1.83. The molecule has 0 unspecified atom stereocenters. The van der Waals surface area contributed by atoms with Gasteiger partial charge >= 0.3 is 6.09 Å². The van der Waals surface area contributed by atoms with Crippen LogP contribution < -0.4 is 26.2 Å². The summed E-state index contributed by atoms with van der Waals surface area (Å²) in [4.78, 5) is 69.9. The Bertz CT molecular complexity index is 2680. The number of anilines is 3. The zero-order chi connectivity index (χ0) is 42.5. The SMILES string of the molecule is CC(C)(C)OC(=O)N(c1cc(Cl)nc2c(/C=C3\CC(=O)NC3=O)cnn12)C1CC1.O=C1C/C(=C\c2cnn3c(NC4CC4)cc(NCc4cccc(F)c4F)nc23)C(=O)N1. The summed E-state index contributed by atoms with van der Waals surface area (Å²) in [6, 6.07) is 7.65. The van der Waals surface area contributed by atoms with Crippen LogP contribution in [0.15, 0.2) is 53.9 Å². The summed E-state index contributed by atoms with van der Waals surface area (Å²) in [5, 5.41) is 19.8. The van der Waals surface area contributed by atoms with Gasteiger partial charge in [-0.05, 0) is 64.7 Å². The maximum atomic E-state index is 14.0. The van der Waals surface area contributed by atoms with E-state index in [9.17, 15) is 32.8 Å². The first-order chi connectivity index (χ1) is 28.6. The van der Waals surface area contributed by atoms with Crippen molar-refractivity contribution in [3.63, 3.8) is 0 Å². The molecule has 6 heterocycles. The van der Waals surface area contributed by atoms with Crippen LogP contribution in [0.4, 0.5) is 31.0 Å². The van der Waals surface area contributed by atoms with Gasteiger partial charge in [-0.25, -0.2) is 23.5 Å². The van der Waals surface area contributed by atoms with Crippen LogP contribution in [0.25, 0.3) is 23.4 Å². The number of ether oxygens (including phenoxy) is 1. The Labute approximate surface area is 345 Å². The average molecular weight is 842 g/mol. The number of carbonyl (C=O) groups excluding carboxylic acids is 5. The molecule has 4 aliphatic rings. The minimum atomic E-state index is -0.909. The first-order valence-electron chi connectivity index (χ1n) is 19.1. The van der Waals surface area contributed by atoms with Gasteiger partial charge in [0.05, 0.1) is 25.2 Å². The van der Waals surface area contributed by atoms with Crippen LogP contribution >= 0.6 is 11.6 Å². The molecule has 4 aromatic heterocycles. The lowest BCUT2D eigenvalue weighted by atomic mass is 10.1. The second kappa shape index (κ2) is 15.8. The number of rotatable bonds is 9. The third-order valence-electron chi connectivity index (χ3n) is 9.57. The molecule has 2 saturated carbocycles. The van der Waals surface area contributed by atoms with E-state index in [-0.39, 0.29) is 48.0 Å². The van der Waals surface area contributed by atoms with Gasteiger partial charge in [0.15, 0.2) is 22.9 Å². The zero-order valence-corrected chi connectivity index (χ0v) is 33.3. The van der Waals surface area contributed by atoms with Crippen molar-refractivity contribution in [1.29, 1.82) is 0 Å². The molecule has 2 aliphatic carbocycles. The fourth-order valence-electron chi connectivity index (χ4n) is 6.48. The number of fused-ring (bicyclic) bond motifs is 2. The van der Waals surface area contributed by atoms with E-state index in [2.05, 4.69) is 41.4 Å². The van der Waals surface area contributed by atoms with Gasteiger partial charge in [-0.2, -0.15) is 19.2 Å². The molecule has 0 spiro atoms. The molecule has 0 radical (unpaired) electrons. The van der Waals surface area contributed by atoms with Crippen molar-refractivity contribution in [1.82, 2.24) is 39.8 Å². The number of halogens is 3. The second-order valence-corrected chi connectivity index (χ2v) is 16.0. The van der Waals surface area contributed by atoms with Gasteiger partial charge < -0.3 is 15.4 Å². The Morgan fingerprint density at radius 2 is 1.53 bits per heavy atom. The van der Waals surface area contributed by atoms with E-state index < -0.39 is 35.1 Å². The maximum Gasteiger partial charge on any atom is 0.416 e. The summed E-state index contributed by atoms with van der Waals surface area (Å²) >= 11 is 6.24. The highest BCUT2D eigenvalue weighted by Gasteiger charge is 2.38. The van der Waals surface area contributed by atoms with Gasteiger partial charge in [0.1, 0.15) is 28.2 Å². The Morgan fingerprint density at radius 1 is 0.917 bits per heavy atom. The van der Waals surface area contributed by atoms with Crippen molar-refractivity contribution in [2.75, 3.05) is 15.5 Å². The third-order valence-corrected chi connectivity index (χ3v) is 9.76. The molecule has 1 aromatic carbocycles. The van der Waals surface area contributed by atoms with Crippen molar-refractivity contribution in [2.45, 2.75) is 83.5 Å². The number of amides is 5. The zero-order valence-electron chi connectivity index (χ0n) is 32.5. The Balaban J connectivity index is 0.000000167. The maximum absolute atomic E-state index is 14.0. The van der Waals surface area contributed by atoms with E-state index >= 15 is 0 Å². The summed E-state index contributed by atoms with van der Waals surface area (Å²) in [6.45, 7) is 5.45. The van der Waals surface area contributed by atoms with E-state index in [1.807, 2.05) is 0 Å². The van der Waals surface area contributed by atoms with Crippen molar-refractivity contribution < 1.29 is 37.5 Å². The highest BCUT2D eigenvalue weighted by Crippen LogP contribution is 2.35. The van der Waals surface area contributed by atoms with Crippen LogP contribution in [0, 0.1) is 11.6 Å². The summed E-state index contributed by atoms with van der Waals surface area (Å²) < 4.78 is 36.2. The van der Waals surface area contributed by atoms with Crippen LogP contribution in [0.3, 0.4) is 0 Å². The van der Waals surface area contributed by atoms with Crippen LogP contribution in [-0.2, 0) is 30.5 Å². The summed E-state index contributed by atoms with van der Waals surface area (Å²) in [5.41, 5.74) is 2.11. The summed E-state index contributed by atoms with van der Waals surface area (Å²) in [7, 11) is 0. The Morgan fingerprint density at radius 3 is 2.10 bits per heavy atom. The summed E-state index contributed by atoms with van der Waals surface area (Å²) in [6.07, 6.45) is 9.53. The number of hydrogen-bond acceptors (Lipinski definition) is 12. The number of nitrogens with one attached hydrogen (secondary N) is 4. The molecule has 4 fully saturated rings. The predicted molar refractivity (Wildman–Crippen MR) is 215 cm³/mol. The van der Waals surface area contributed by atoms with E-state index in [1.165, 1.54) is 22.8 Å². The van der Waals surface area contributed by atoms with E-state index in [0.29, 0.717) is 57.1 Å². The molecule has 0 atom stereocenters. The number of benzene rings is 1. The van der Waals surface area contributed by atoms with Crippen LogP contribution in [-0.4, -0.2) is 76.6 Å². The van der Waals surface area contributed by atoms with Crippen LogP contribution in [0.1, 0.15) is 76.0 Å². The molecule has 17 nitrogen and oxygen atoms in total. The smallest absolute Gasteiger partial charge is 0.416 e. The monoisotopic (exact) mass is 841 g/mol. The largest absolute Gasteiger partial charge is 0.443 e. The highest BCUT2D eigenvalue weighted by atomic mass is 35.5. The number of imide groups is 2. The Hall–Kier alpha value is -6.76. The van der Waals surface area contributed by atoms with E-state index in [0.717, 1.165) is 31.7 Å². The topological polar surface area (TPSA) is 206 Å². The molecule has 5 aromatic rings. The lowest BCUT2D eigenvalue weighted by Crippen LogP contribution is -2.39. The number of carbonyl (C=O) groups is 5. The van der Waals surface area contributed by atoms with Crippen molar-refractivity contribution >= 4 is 82.2 Å². The second-order valence-electron chi connectivity index (χ2n) is 15.6. The fourth-order valence-corrected chi connectivity index (χ4v) is 6.66. The fraction of sp³-hybridized carbons (Fsp3) is 0.325. The lowest BCUT2D eigenvalue weighted by molar-refractivity contribution is -0.125. The molecule has 4 N–H and O–H groups in total. The first kappa shape index (κ1) is 40.0. The van der Waals surface area contributed by atoms with Gasteiger partial charge in [0.2, 0.25) is 11.8 Å². The highest BCUT2D eigenvalue weighted by molar-refractivity contribution is 6.30. The molecule has 2 aliphatic heterocycles. The van der Waals surface area contributed by atoms with Crippen molar-refractivity contribution in [3.8, 4) is 0 Å². The van der Waals surface area contributed by atoms with Crippen molar-refractivity contribution in [2.24, 2.45) is 0 Å². The third kappa shape index (κ3) is 8.80. The molecule has 2 saturated heterocycles. The van der Waals surface area contributed by atoms with Gasteiger partial charge in [-0.1, -0.05) is 23.7 Å². The molecular weight excluding hydrogens is 804 g/mol. The van der Waals surface area contributed by atoms with Gasteiger partial charge in [0.25, 0.3) is 11.8 Å².